The van der Waals surface area contributed by atoms with E-state index in [9.17, 15) is 8.42 Å². The van der Waals surface area contributed by atoms with E-state index in [1.807, 2.05) is 19.1 Å². The molecule has 1 unspecified atom stereocenters. The number of rotatable bonds is 9. The Labute approximate surface area is 157 Å². The maximum atomic E-state index is 12.3. The molecule has 0 amide bonds. The van der Waals surface area contributed by atoms with Crippen molar-refractivity contribution in [1.29, 1.82) is 0 Å². The summed E-state index contributed by atoms with van der Waals surface area (Å²) >= 11 is 0. The summed E-state index contributed by atoms with van der Waals surface area (Å²) in [7, 11) is -3.24. The van der Waals surface area contributed by atoms with Gasteiger partial charge >= 0.3 is 0 Å². The van der Waals surface area contributed by atoms with Crippen LogP contribution in [0.5, 0.6) is 0 Å². The van der Waals surface area contributed by atoms with E-state index in [-0.39, 0.29) is 12.0 Å². The second-order valence-corrected chi connectivity index (χ2v) is 8.88. The maximum Gasteiger partial charge on any atom is 0.181 e. The molecule has 1 aromatic carbocycles. The van der Waals surface area contributed by atoms with Crippen LogP contribution in [0.15, 0.2) is 58.5 Å². The van der Waals surface area contributed by atoms with Crippen LogP contribution in [-0.2, 0) is 19.3 Å². The molecule has 1 fully saturated rings. The van der Waals surface area contributed by atoms with Crippen LogP contribution in [0.4, 0.5) is 0 Å². The average Bonchev–Trinajstić information content (AvgIpc) is 2.66. The molecule has 1 atom stereocenters. The van der Waals surface area contributed by atoms with Crippen LogP contribution in [0.25, 0.3) is 0 Å². The highest BCUT2D eigenvalue weighted by molar-refractivity contribution is 7.91. The molecule has 1 saturated heterocycles. The van der Waals surface area contributed by atoms with E-state index < -0.39 is 9.84 Å². The maximum absolute atomic E-state index is 12.3. The highest BCUT2D eigenvalue weighted by Gasteiger charge is 2.14. The SMILES string of the molecule is C/C(=C/CS(=O)(=O)c1ccccc1)CC/C=C(/C)COC1CCCCO1. The summed E-state index contributed by atoms with van der Waals surface area (Å²) in [4.78, 5) is 0.377. The second-order valence-electron chi connectivity index (χ2n) is 6.84. The van der Waals surface area contributed by atoms with Crippen molar-refractivity contribution < 1.29 is 17.9 Å². The van der Waals surface area contributed by atoms with E-state index >= 15 is 0 Å². The molecule has 144 valence electrons. The van der Waals surface area contributed by atoms with Crippen molar-refractivity contribution >= 4 is 9.84 Å². The van der Waals surface area contributed by atoms with Crippen LogP contribution in [0.2, 0.25) is 0 Å². The molecule has 0 bridgehead atoms. The molecule has 0 spiro atoms. The zero-order valence-electron chi connectivity index (χ0n) is 15.8. The normalized spacial score (nSPS) is 19.5. The predicted octanol–water partition coefficient (Wildman–Crippen LogP) is 4.68. The largest absolute Gasteiger partial charge is 0.353 e. The van der Waals surface area contributed by atoms with Gasteiger partial charge in [0.25, 0.3) is 0 Å². The lowest BCUT2D eigenvalue weighted by atomic mass is 10.1. The summed E-state index contributed by atoms with van der Waals surface area (Å²) in [6, 6.07) is 8.59. The minimum atomic E-state index is -3.24. The third-order valence-electron chi connectivity index (χ3n) is 4.42. The van der Waals surface area contributed by atoms with Crippen molar-refractivity contribution in [3.8, 4) is 0 Å². The summed E-state index contributed by atoms with van der Waals surface area (Å²) in [5, 5.41) is 0. The quantitative estimate of drug-likeness (QED) is 0.586. The van der Waals surface area contributed by atoms with Gasteiger partial charge in [0.1, 0.15) is 0 Å². The molecule has 0 saturated carbocycles. The molecule has 0 aromatic heterocycles. The Bertz CT molecular complexity index is 699. The van der Waals surface area contributed by atoms with Crippen LogP contribution in [0.1, 0.15) is 46.0 Å². The van der Waals surface area contributed by atoms with Gasteiger partial charge in [0.05, 0.1) is 17.3 Å². The number of allylic oxidation sites excluding steroid dienone is 2. The van der Waals surface area contributed by atoms with Crippen molar-refractivity contribution in [2.45, 2.75) is 57.1 Å². The van der Waals surface area contributed by atoms with Crippen molar-refractivity contribution in [2.24, 2.45) is 0 Å². The first kappa shape index (κ1) is 20.9. The number of ether oxygens (including phenoxy) is 2. The Kier molecular flexibility index (Phi) is 8.55. The smallest absolute Gasteiger partial charge is 0.181 e. The lowest BCUT2D eigenvalue weighted by Crippen LogP contribution is -2.22. The van der Waals surface area contributed by atoms with Gasteiger partial charge < -0.3 is 9.47 Å². The first-order valence-corrected chi connectivity index (χ1v) is 10.9. The first-order valence-electron chi connectivity index (χ1n) is 9.29. The van der Waals surface area contributed by atoms with Gasteiger partial charge in [-0.25, -0.2) is 8.42 Å². The van der Waals surface area contributed by atoms with Crippen molar-refractivity contribution in [1.82, 2.24) is 0 Å². The highest BCUT2D eigenvalue weighted by Crippen LogP contribution is 2.16. The van der Waals surface area contributed by atoms with E-state index in [0.29, 0.717) is 11.5 Å². The molecule has 1 aliphatic heterocycles. The fraction of sp³-hybridized carbons (Fsp3) is 0.524. The van der Waals surface area contributed by atoms with Gasteiger partial charge in [-0.3, -0.25) is 0 Å². The number of benzene rings is 1. The molecule has 1 heterocycles. The van der Waals surface area contributed by atoms with Crippen molar-refractivity contribution in [3.63, 3.8) is 0 Å². The topological polar surface area (TPSA) is 52.6 Å². The molecular weight excluding hydrogens is 348 g/mol. The third-order valence-corrected chi connectivity index (χ3v) is 6.02. The lowest BCUT2D eigenvalue weighted by molar-refractivity contribution is -0.156. The second kappa shape index (κ2) is 10.7. The summed E-state index contributed by atoms with van der Waals surface area (Å²) < 4.78 is 35.9. The Hall–Kier alpha value is -1.43. The van der Waals surface area contributed by atoms with Crippen LogP contribution in [-0.4, -0.2) is 33.7 Å². The summed E-state index contributed by atoms with van der Waals surface area (Å²) in [5.41, 5.74) is 2.27. The molecule has 1 aliphatic rings. The Balaban J connectivity index is 1.73. The standard InChI is InChI=1S/C21H30O4S/c1-18(14-16-26(22,23)20-11-4-3-5-12-20)9-8-10-19(2)17-25-21-13-6-7-15-24-21/h3-5,10-12,14,21H,6-9,13,15-17H2,1-2H3/b18-14-,19-10-. The Morgan fingerprint density at radius 2 is 1.92 bits per heavy atom. The van der Waals surface area contributed by atoms with Crippen LogP contribution < -0.4 is 0 Å². The van der Waals surface area contributed by atoms with Gasteiger partial charge in [0.2, 0.25) is 0 Å². The lowest BCUT2D eigenvalue weighted by Gasteiger charge is -2.22. The van der Waals surface area contributed by atoms with Crippen molar-refractivity contribution in [3.05, 3.63) is 53.6 Å². The molecule has 2 rings (SSSR count). The van der Waals surface area contributed by atoms with Gasteiger partial charge in [-0.1, -0.05) is 41.5 Å². The van der Waals surface area contributed by atoms with Crippen LogP contribution >= 0.6 is 0 Å². The molecular formula is C21H30O4S. The zero-order valence-corrected chi connectivity index (χ0v) is 16.6. The van der Waals surface area contributed by atoms with Gasteiger partial charge in [0, 0.05) is 6.61 Å². The molecule has 26 heavy (non-hydrogen) atoms. The minimum absolute atomic E-state index is 0.0493. The van der Waals surface area contributed by atoms with E-state index in [0.717, 1.165) is 37.9 Å². The molecule has 5 heteroatoms. The zero-order chi connectivity index (χ0) is 18.8. The number of hydrogen-bond acceptors (Lipinski definition) is 4. The van der Waals surface area contributed by atoms with Crippen LogP contribution in [0, 0.1) is 0 Å². The number of sulfone groups is 1. The minimum Gasteiger partial charge on any atom is -0.353 e. The fourth-order valence-corrected chi connectivity index (χ4v) is 4.02. The third kappa shape index (κ3) is 7.44. The van der Waals surface area contributed by atoms with Gasteiger partial charge in [-0.15, -0.1) is 0 Å². The fourth-order valence-electron chi connectivity index (χ4n) is 2.75. The van der Waals surface area contributed by atoms with Gasteiger partial charge in [-0.2, -0.15) is 0 Å². The van der Waals surface area contributed by atoms with E-state index in [1.165, 1.54) is 12.0 Å². The van der Waals surface area contributed by atoms with E-state index in [2.05, 4.69) is 13.0 Å². The van der Waals surface area contributed by atoms with Gasteiger partial charge in [0.15, 0.2) is 16.1 Å². The molecule has 0 N–H and O–H groups in total. The highest BCUT2D eigenvalue weighted by atomic mass is 32.2. The molecule has 0 radical (unpaired) electrons. The predicted molar refractivity (Wildman–Crippen MR) is 105 cm³/mol. The summed E-state index contributed by atoms with van der Waals surface area (Å²) in [5.74, 6) is 0.0493. The average molecular weight is 379 g/mol. The molecule has 1 aromatic rings. The summed E-state index contributed by atoms with van der Waals surface area (Å²) in [6.07, 6.45) is 8.92. The monoisotopic (exact) mass is 378 g/mol. The Morgan fingerprint density at radius 3 is 2.62 bits per heavy atom. The van der Waals surface area contributed by atoms with Gasteiger partial charge in [-0.05, 0) is 58.1 Å². The van der Waals surface area contributed by atoms with E-state index in [4.69, 9.17) is 9.47 Å². The summed E-state index contributed by atoms with van der Waals surface area (Å²) in [6.45, 7) is 5.43. The van der Waals surface area contributed by atoms with E-state index in [1.54, 1.807) is 24.3 Å². The van der Waals surface area contributed by atoms with Crippen LogP contribution in [0.3, 0.4) is 0 Å². The molecule has 0 aliphatic carbocycles. The Morgan fingerprint density at radius 1 is 1.15 bits per heavy atom. The number of hydrogen-bond donors (Lipinski definition) is 0. The molecule has 4 nitrogen and oxygen atoms in total. The van der Waals surface area contributed by atoms with Crippen molar-refractivity contribution in [2.75, 3.05) is 19.0 Å². The first-order chi connectivity index (χ1) is 12.5.